The number of carbonyl (C=O) groups excluding carboxylic acids is 2. The van der Waals surface area contributed by atoms with Crippen LogP contribution < -0.4 is 0 Å². The third kappa shape index (κ3) is 22.4. The van der Waals surface area contributed by atoms with Crippen LogP contribution in [-0.4, -0.2) is 98.3 Å². The molecule has 0 heterocycles. The largest absolute Gasteiger partial charge is 0.472 e. The zero-order chi connectivity index (χ0) is 37.9. The SMILES string of the molecule is CCCC/C=C\CCCCCCCC(=O)OC(COC(=O)CCCCCCCCCCCCC)COP(=O)(O)OC1C(O)C(O)C(O)C(O)C1O. The van der Waals surface area contributed by atoms with Crippen molar-refractivity contribution >= 4 is 19.8 Å². The van der Waals surface area contributed by atoms with Crippen molar-refractivity contribution in [1.82, 2.24) is 0 Å². The van der Waals surface area contributed by atoms with E-state index in [9.17, 15) is 44.6 Å². The summed E-state index contributed by atoms with van der Waals surface area (Å²) in [6.45, 7) is 3.20. The van der Waals surface area contributed by atoms with Crippen molar-refractivity contribution in [3.8, 4) is 0 Å². The van der Waals surface area contributed by atoms with Crippen LogP contribution in [0.1, 0.15) is 155 Å². The number of ether oxygens (including phenoxy) is 2. The minimum Gasteiger partial charge on any atom is -0.462 e. The lowest BCUT2D eigenvalue weighted by Crippen LogP contribution is -2.64. The summed E-state index contributed by atoms with van der Waals surface area (Å²) < 4.78 is 33.3. The Morgan fingerprint density at radius 3 is 1.55 bits per heavy atom. The minimum atomic E-state index is -5.10. The molecule has 300 valence electrons. The molecule has 1 rings (SSSR count). The number of hydrogen-bond donors (Lipinski definition) is 6. The summed E-state index contributed by atoms with van der Waals surface area (Å²) in [5, 5.41) is 49.9. The van der Waals surface area contributed by atoms with E-state index >= 15 is 0 Å². The molecule has 0 aromatic carbocycles. The van der Waals surface area contributed by atoms with Crippen molar-refractivity contribution in [2.75, 3.05) is 13.2 Å². The van der Waals surface area contributed by atoms with E-state index in [-0.39, 0.29) is 12.8 Å². The Balaban J connectivity index is 2.55. The molecule has 6 unspecified atom stereocenters. The van der Waals surface area contributed by atoms with Gasteiger partial charge in [0, 0.05) is 12.8 Å². The Morgan fingerprint density at radius 1 is 0.588 bits per heavy atom. The molecule has 0 aromatic rings. The van der Waals surface area contributed by atoms with Crippen LogP contribution in [0.5, 0.6) is 0 Å². The van der Waals surface area contributed by atoms with Gasteiger partial charge in [0.15, 0.2) is 6.10 Å². The molecule has 0 aromatic heterocycles. The van der Waals surface area contributed by atoms with Gasteiger partial charge in [-0.25, -0.2) is 4.57 Å². The highest BCUT2D eigenvalue weighted by atomic mass is 31.2. The quantitative estimate of drug-likeness (QED) is 0.0210. The Hall–Kier alpha value is -1.41. The minimum absolute atomic E-state index is 0.0892. The maximum absolute atomic E-state index is 12.7. The van der Waals surface area contributed by atoms with Gasteiger partial charge in [0.1, 0.15) is 43.2 Å². The lowest BCUT2D eigenvalue weighted by Gasteiger charge is -2.41. The van der Waals surface area contributed by atoms with Crippen LogP contribution >= 0.6 is 7.82 Å². The summed E-state index contributed by atoms with van der Waals surface area (Å²) >= 11 is 0. The molecule has 0 radical (unpaired) electrons. The summed E-state index contributed by atoms with van der Waals surface area (Å²) in [6, 6.07) is 0. The highest BCUT2D eigenvalue weighted by Gasteiger charge is 2.51. The molecule has 14 heteroatoms. The molecule has 13 nitrogen and oxygen atoms in total. The maximum Gasteiger partial charge on any atom is 0.472 e. The first-order valence-electron chi connectivity index (χ1n) is 19.5. The Bertz CT molecular complexity index is 964. The van der Waals surface area contributed by atoms with Crippen molar-refractivity contribution in [3.63, 3.8) is 0 Å². The number of phosphoric acid groups is 1. The molecular formula is C37H69O13P. The average molecular weight is 753 g/mol. The van der Waals surface area contributed by atoms with Crippen LogP contribution in [0.25, 0.3) is 0 Å². The van der Waals surface area contributed by atoms with Gasteiger partial charge in [0.05, 0.1) is 6.61 Å². The normalized spacial score (nSPS) is 24.0. The molecule has 6 N–H and O–H groups in total. The van der Waals surface area contributed by atoms with E-state index in [0.29, 0.717) is 12.8 Å². The van der Waals surface area contributed by atoms with E-state index in [2.05, 4.69) is 26.0 Å². The van der Waals surface area contributed by atoms with Gasteiger partial charge in [-0.3, -0.25) is 18.6 Å². The topological polar surface area (TPSA) is 210 Å². The fraction of sp³-hybridized carbons (Fsp3) is 0.892. The van der Waals surface area contributed by atoms with Gasteiger partial charge in [-0.15, -0.1) is 0 Å². The summed E-state index contributed by atoms with van der Waals surface area (Å²) in [5.41, 5.74) is 0. The average Bonchev–Trinajstić information content (AvgIpc) is 3.10. The van der Waals surface area contributed by atoms with E-state index in [1.807, 2.05) is 0 Å². The molecule has 1 fully saturated rings. The smallest absolute Gasteiger partial charge is 0.462 e. The van der Waals surface area contributed by atoms with Crippen molar-refractivity contribution in [1.29, 1.82) is 0 Å². The predicted molar refractivity (Wildman–Crippen MR) is 194 cm³/mol. The lowest BCUT2D eigenvalue weighted by atomic mass is 9.85. The molecule has 0 saturated heterocycles. The predicted octanol–water partition coefficient (Wildman–Crippen LogP) is 5.94. The number of unbranched alkanes of at least 4 members (excludes halogenated alkanes) is 17. The van der Waals surface area contributed by atoms with E-state index in [1.165, 1.54) is 57.8 Å². The summed E-state index contributed by atoms with van der Waals surface area (Å²) in [7, 11) is -5.10. The van der Waals surface area contributed by atoms with Crippen LogP contribution in [0, 0.1) is 0 Å². The van der Waals surface area contributed by atoms with Gasteiger partial charge in [0.2, 0.25) is 0 Å². The van der Waals surface area contributed by atoms with E-state index in [0.717, 1.165) is 57.8 Å². The molecule has 0 aliphatic heterocycles. The molecule has 0 amide bonds. The molecular weight excluding hydrogens is 683 g/mol. The molecule has 0 bridgehead atoms. The number of aliphatic hydroxyl groups excluding tert-OH is 5. The fourth-order valence-corrected chi connectivity index (χ4v) is 6.83. The number of hydrogen-bond acceptors (Lipinski definition) is 12. The van der Waals surface area contributed by atoms with Crippen molar-refractivity contribution < 1.29 is 63.1 Å². The number of phosphoric ester groups is 1. The highest BCUT2D eigenvalue weighted by molar-refractivity contribution is 7.47. The van der Waals surface area contributed by atoms with Crippen LogP contribution in [-0.2, 0) is 32.7 Å². The van der Waals surface area contributed by atoms with Crippen LogP contribution in [0.15, 0.2) is 12.2 Å². The van der Waals surface area contributed by atoms with Crippen molar-refractivity contribution in [2.24, 2.45) is 0 Å². The van der Waals surface area contributed by atoms with Crippen LogP contribution in [0.2, 0.25) is 0 Å². The van der Waals surface area contributed by atoms with Gasteiger partial charge in [-0.05, 0) is 32.1 Å². The number of rotatable bonds is 31. The molecule has 0 spiro atoms. The monoisotopic (exact) mass is 752 g/mol. The second-order valence-corrected chi connectivity index (χ2v) is 15.2. The van der Waals surface area contributed by atoms with Crippen molar-refractivity contribution in [3.05, 3.63) is 12.2 Å². The summed E-state index contributed by atoms with van der Waals surface area (Å²) in [6.07, 6.45) is 13.0. The van der Waals surface area contributed by atoms with Crippen LogP contribution in [0.4, 0.5) is 0 Å². The summed E-state index contributed by atoms with van der Waals surface area (Å²) in [5.74, 6) is -1.11. The first-order valence-corrected chi connectivity index (χ1v) is 21.0. The van der Waals surface area contributed by atoms with Gasteiger partial charge in [-0.1, -0.05) is 122 Å². The second-order valence-electron chi connectivity index (χ2n) is 13.8. The molecule has 1 aliphatic rings. The third-order valence-corrected chi connectivity index (χ3v) is 10.1. The molecule has 51 heavy (non-hydrogen) atoms. The Labute approximate surface area is 305 Å². The van der Waals surface area contributed by atoms with Gasteiger partial charge in [-0.2, -0.15) is 0 Å². The van der Waals surface area contributed by atoms with E-state index in [4.69, 9.17) is 18.5 Å². The highest BCUT2D eigenvalue weighted by Crippen LogP contribution is 2.47. The zero-order valence-corrected chi connectivity index (χ0v) is 32.0. The van der Waals surface area contributed by atoms with Crippen LogP contribution in [0.3, 0.4) is 0 Å². The number of aliphatic hydroxyl groups is 5. The Morgan fingerprint density at radius 2 is 1.02 bits per heavy atom. The summed E-state index contributed by atoms with van der Waals surface area (Å²) in [4.78, 5) is 35.4. The molecule has 6 atom stereocenters. The lowest BCUT2D eigenvalue weighted by molar-refractivity contribution is -0.220. The van der Waals surface area contributed by atoms with Gasteiger partial charge >= 0.3 is 19.8 Å². The van der Waals surface area contributed by atoms with Gasteiger partial charge < -0.3 is 39.9 Å². The molecule has 1 saturated carbocycles. The first kappa shape index (κ1) is 47.6. The molecule has 1 aliphatic carbocycles. The maximum atomic E-state index is 12.7. The fourth-order valence-electron chi connectivity index (χ4n) is 5.86. The Kier molecular flexibility index (Phi) is 27.1. The number of allylic oxidation sites excluding steroid dienone is 2. The van der Waals surface area contributed by atoms with Crippen molar-refractivity contribution in [2.45, 2.75) is 198 Å². The van der Waals surface area contributed by atoms with E-state index in [1.54, 1.807) is 0 Å². The first-order chi connectivity index (χ1) is 24.4. The second kappa shape index (κ2) is 29.0. The standard InChI is InChI=1S/C37H69O13P/c1-3-5-7-9-11-13-15-17-19-21-23-25-30(38)47-27-29(49-31(39)26-24-22-20-18-16-14-12-10-8-6-4-2)28-48-51(45,46)50-37-35(43)33(41)32(40)34(42)36(37)44/h10,12,29,32-37,40-44H,3-9,11,13-28H2,1-2H3,(H,45,46)/b12-10-. The van der Waals surface area contributed by atoms with Gasteiger partial charge in [0.25, 0.3) is 0 Å². The number of carbonyl (C=O) groups is 2. The third-order valence-electron chi connectivity index (χ3n) is 9.11. The van der Waals surface area contributed by atoms with E-state index < -0.39 is 75.7 Å². The zero-order valence-electron chi connectivity index (χ0n) is 31.2. The number of esters is 2.